The highest BCUT2D eigenvalue weighted by atomic mass is 19.3. The third-order valence-electron chi connectivity index (χ3n) is 6.31. The van der Waals surface area contributed by atoms with Crippen LogP contribution in [0, 0.1) is 20.8 Å². The standard InChI is InChI=1S/C27H25F2N5O4/c1-13(2)37-23-9-17(26(35)36)6-7-19(23)21-12-33(22-11-31-34(15(22)4)27(28)29)25-20(21)8-18(10-30-25)24-14(3)32-38-16(24)5/h6-13,27H,1-5H3,(H,35,36). The molecule has 0 amide bonds. The van der Waals surface area contributed by atoms with Crippen molar-refractivity contribution in [1.29, 1.82) is 0 Å². The molecule has 196 valence electrons. The summed E-state index contributed by atoms with van der Waals surface area (Å²) < 4.78 is 40.7. The number of pyridine rings is 1. The number of halogens is 2. The van der Waals surface area contributed by atoms with Gasteiger partial charge < -0.3 is 14.4 Å². The van der Waals surface area contributed by atoms with Crippen molar-refractivity contribution in [3.05, 3.63) is 65.6 Å². The lowest BCUT2D eigenvalue weighted by Crippen LogP contribution is -2.08. The summed E-state index contributed by atoms with van der Waals surface area (Å²) in [6.45, 7) is 6.11. The summed E-state index contributed by atoms with van der Waals surface area (Å²) in [5.41, 5.74) is 4.87. The fourth-order valence-electron chi connectivity index (χ4n) is 4.61. The minimum atomic E-state index is -2.79. The summed E-state index contributed by atoms with van der Waals surface area (Å²) in [6.07, 6.45) is 4.60. The number of carboxylic acids is 1. The van der Waals surface area contributed by atoms with Crippen LogP contribution in [0.4, 0.5) is 8.78 Å². The van der Waals surface area contributed by atoms with Gasteiger partial charge in [0, 0.05) is 40.0 Å². The normalized spacial score (nSPS) is 11.7. The van der Waals surface area contributed by atoms with Gasteiger partial charge in [-0.05, 0) is 58.9 Å². The lowest BCUT2D eigenvalue weighted by molar-refractivity contribution is 0.0544. The van der Waals surface area contributed by atoms with Crippen molar-refractivity contribution in [3.8, 4) is 33.7 Å². The molecule has 5 aromatic rings. The number of hydrogen-bond donors (Lipinski definition) is 1. The molecule has 4 heterocycles. The number of ether oxygens (including phenoxy) is 1. The molecular weight excluding hydrogens is 496 g/mol. The molecule has 5 rings (SSSR count). The summed E-state index contributed by atoms with van der Waals surface area (Å²) in [5.74, 6) is -0.0694. The average Bonchev–Trinajstić information content (AvgIpc) is 3.52. The van der Waals surface area contributed by atoms with Gasteiger partial charge in [-0.3, -0.25) is 4.57 Å². The zero-order valence-corrected chi connectivity index (χ0v) is 21.4. The summed E-state index contributed by atoms with van der Waals surface area (Å²) in [7, 11) is 0. The second kappa shape index (κ2) is 9.40. The first kappa shape index (κ1) is 25.1. The number of aromatic nitrogens is 5. The van der Waals surface area contributed by atoms with E-state index in [-0.39, 0.29) is 17.4 Å². The molecule has 0 saturated heterocycles. The topological polar surface area (TPSA) is 108 Å². The summed E-state index contributed by atoms with van der Waals surface area (Å²) in [4.78, 5) is 16.4. The van der Waals surface area contributed by atoms with Gasteiger partial charge in [0.1, 0.15) is 17.2 Å². The molecule has 0 bridgehead atoms. The van der Waals surface area contributed by atoms with E-state index in [0.29, 0.717) is 49.7 Å². The highest BCUT2D eigenvalue weighted by Crippen LogP contribution is 2.40. The van der Waals surface area contributed by atoms with Crippen molar-refractivity contribution >= 4 is 17.0 Å². The van der Waals surface area contributed by atoms with Gasteiger partial charge in [0.05, 0.1) is 34.9 Å². The molecule has 4 aromatic heterocycles. The van der Waals surface area contributed by atoms with Gasteiger partial charge in [0.25, 0.3) is 0 Å². The van der Waals surface area contributed by atoms with Gasteiger partial charge in [-0.15, -0.1) is 0 Å². The summed E-state index contributed by atoms with van der Waals surface area (Å²) in [6, 6.07) is 6.59. The van der Waals surface area contributed by atoms with Crippen LogP contribution < -0.4 is 4.74 Å². The van der Waals surface area contributed by atoms with E-state index in [1.54, 1.807) is 30.0 Å². The van der Waals surface area contributed by atoms with E-state index < -0.39 is 12.5 Å². The second-order valence-corrected chi connectivity index (χ2v) is 9.23. The van der Waals surface area contributed by atoms with E-state index in [1.165, 1.54) is 18.3 Å². The van der Waals surface area contributed by atoms with Gasteiger partial charge in [-0.1, -0.05) is 5.16 Å². The van der Waals surface area contributed by atoms with E-state index >= 15 is 0 Å². The molecule has 1 N–H and O–H groups in total. The zero-order valence-electron chi connectivity index (χ0n) is 21.4. The molecule has 0 fully saturated rings. The Morgan fingerprint density at radius 2 is 1.87 bits per heavy atom. The molecule has 0 aliphatic heterocycles. The van der Waals surface area contributed by atoms with Gasteiger partial charge in [-0.2, -0.15) is 13.9 Å². The maximum absolute atomic E-state index is 13.5. The summed E-state index contributed by atoms with van der Waals surface area (Å²) >= 11 is 0. The number of carboxylic acid groups (broad SMARTS) is 1. The van der Waals surface area contributed by atoms with Crippen LogP contribution in [-0.2, 0) is 0 Å². The minimum absolute atomic E-state index is 0.0803. The first-order valence-electron chi connectivity index (χ1n) is 11.9. The highest BCUT2D eigenvalue weighted by molar-refractivity contribution is 6.00. The van der Waals surface area contributed by atoms with Crippen molar-refractivity contribution < 1.29 is 27.9 Å². The first-order chi connectivity index (χ1) is 18.1. The van der Waals surface area contributed by atoms with Crippen LogP contribution in [0.5, 0.6) is 5.75 Å². The van der Waals surface area contributed by atoms with Crippen molar-refractivity contribution in [1.82, 2.24) is 24.5 Å². The zero-order chi connectivity index (χ0) is 27.3. The van der Waals surface area contributed by atoms with E-state index in [4.69, 9.17) is 14.2 Å². The second-order valence-electron chi connectivity index (χ2n) is 9.23. The number of hydrogen-bond acceptors (Lipinski definition) is 6. The van der Waals surface area contributed by atoms with Crippen molar-refractivity contribution in [3.63, 3.8) is 0 Å². The molecular formula is C27H25F2N5O4. The first-order valence-corrected chi connectivity index (χ1v) is 11.9. The molecule has 0 saturated carbocycles. The van der Waals surface area contributed by atoms with Crippen molar-refractivity contribution in [2.45, 2.75) is 47.3 Å². The van der Waals surface area contributed by atoms with E-state index in [1.807, 2.05) is 33.8 Å². The Bertz CT molecular complexity index is 1660. The number of benzene rings is 1. The molecule has 0 spiro atoms. The largest absolute Gasteiger partial charge is 0.490 e. The highest BCUT2D eigenvalue weighted by Gasteiger charge is 2.23. The average molecular weight is 522 g/mol. The van der Waals surface area contributed by atoms with E-state index in [2.05, 4.69) is 10.3 Å². The van der Waals surface area contributed by atoms with Gasteiger partial charge in [0.2, 0.25) is 0 Å². The fraction of sp³-hybridized carbons (Fsp3) is 0.259. The summed E-state index contributed by atoms with van der Waals surface area (Å²) in [5, 5.41) is 18.1. The van der Waals surface area contributed by atoms with Crippen LogP contribution >= 0.6 is 0 Å². The molecule has 0 atom stereocenters. The van der Waals surface area contributed by atoms with Crippen LogP contribution in [-0.4, -0.2) is 41.7 Å². The molecule has 0 radical (unpaired) electrons. The van der Waals surface area contributed by atoms with E-state index in [0.717, 1.165) is 11.1 Å². The SMILES string of the molecule is Cc1noc(C)c1-c1cnc2c(c1)c(-c1ccc(C(=O)O)cc1OC(C)C)cn2-c1cnn(C(F)F)c1C. The molecule has 0 aliphatic rings. The lowest BCUT2D eigenvalue weighted by Gasteiger charge is -2.15. The number of aryl methyl sites for hydroxylation is 2. The van der Waals surface area contributed by atoms with Crippen LogP contribution in [0.15, 0.2) is 47.4 Å². The number of alkyl halides is 2. The number of fused-ring (bicyclic) bond motifs is 1. The van der Waals surface area contributed by atoms with Gasteiger partial charge >= 0.3 is 12.5 Å². The number of rotatable bonds is 7. The Morgan fingerprint density at radius 1 is 1.11 bits per heavy atom. The molecule has 9 nitrogen and oxygen atoms in total. The Hall–Kier alpha value is -4.54. The Kier molecular flexibility index (Phi) is 6.22. The van der Waals surface area contributed by atoms with Crippen LogP contribution in [0.1, 0.15) is 47.9 Å². The smallest absolute Gasteiger partial charge is 0.335 e. The van der Waals surface area contributed by atoms with Gasteiger partial charge in [0.15, 0.2) is 0 Å². The third kappa shape index (κ3) is 4.19. The number of carbonyl (C=O) groups is 1. The lowest BCUT2D eigenvalue weighted by atomic mass is 10.00. The Labute approximate surface area is 216 Å². The van der Waals surface area contributed by atoms with Crippen molar-refractivity contribution in [2.24, 2.45) is 0 Å². The van der Waals surface area contributed by atoms with Gasteiger partial charge in [-0.25, -0.2) is 14.5 Å². The number of nitrogens with zero attached hydrogens (tertiary/aromatic N) is 5. The molecule has 0 aliphatic carbocycles. The van der Waals surface area contributed by atoms with Crippen LogP contribution in [0.25, 0.3) is 39.0 Å². The Balaban J connectivity index is 1.82. The van der Waals surface area contributed by atoms with E-state index in [9.17, 15) is 18.7 Å². The fourth-order valence-corrected chi connectivity index (χ4v) is 4.61. The van der Waals surface area contributed by atoms with Crippen LogP contribution in [0.2, 0.25) is 0 Å². The third-order valence-corrected chi connectivity index (χ3v) is 6.31. The minimum Gasteiger partial charge on any atom is -0.490 e. The molecule has 1 aromatic carbocycles. The Morgan fingerprint density at radius 3 is 2.47 bits per heavy atom. The predicted molar refractivity (Wildman–Crippen MR) is 136 cm³/mol. The maximum atomic E-state index is 13.5. The van der Waals surface area contributed by atoms with Crippen molar-refractivity contribution in [2.75, 3.05) is 0 Å². The maximum Gasteiger partial charge on any atom is 0.335 e. The van der Waals surface area contributed by atoms with Crippen LogP contribution in [0.3, 0.4) is 0 Å². The molecule has 38 heavy (non-hydrogen) atoms. The number of aromatic carboxylic acids is 1. The molecule has 11 heteroatoms. The monoisotopic (exact) mass is 521 g/mol. The predicted octanol–water partition coefficient (Wildman–Crippen LogP) is 6.35. The quantitative estimate of drug-likeness (QED) is 0.266. The molecule has 0 unspecified atom stereocenters.